The van der Waals surface area contributed by atoms with Gasteiger partial charge in [-0.1, -0.05) is 99.3 Å². The number of fused-ring (bicyclic) bond motifs is 2. The third-order valence-electron chi connectivity index (χ3n) is 9.78. The molecule has 6 aliphatic carbocycles. The Morgan fingerprint density at radius 3 is 2.35 bits per heavy atom. The molecule has 0 radical (unpaired) electrons. The predicted octanol–water partition coefficient (Wildman–Crippen LogP) is 8.57. The molecule has 0 N–H and O–H groups in total. The maximum atomic E-state index is 2.63. The van der Waals surface area contributed by atoms with E-state index in [1.807, 2.05) is 0 Å². The number of rotatable bonds is 1. The molecule has 0 amide bonds. The van der Waals surface area contributed by atoms with Gasteiger partial charge in [0.1, 0.15) is 0 Å². The lowest BCUT2D eigenvalue weighted by Gasteiger charge is -2.59. The number of allylic oxidation sites excluding steroid dienone is 14. The zero-order valence-corrected chi connectivity index (χ0v) is 19.1. The van der Waals surface area contributed by atoms with Gasteiger partial charge in [-0.3, -0.25) is 0 Å². The van der Waals surface area contributed by atoms with E-state index < -0.39 is 0 Å². The van der Waals surface area contributed by atoms with Gasteiger partial charge in [0.2, 0.25) is 0 Å². The van der Waals surface area contributed by atoms with Crippen LogP contribution in [-0.4, -0.2) is 0 Å². The molecule has 0 heterocycles. The van der Waals surface area contributed by atoms with Crippen molar-refractivity contribution in [3.8, 4) is 0 Å². The Balaban J connectivity index is 1.42. The van der Waals surface area contributed by atoms with Crippen molar-refractivity contribution in [2.45, 2.75) is 77.0 Å². The largest absolute Gasteiger partial charge is 0.0761 e. The molecule has 3 saturated carbocycles. The lowest BCUT2D eigenvalue weighted by molar-refractivity contribution is -0.0923. The minimum atomic E-state index is 0.614. The summed E-state index contributed by atoms with van der Waals surface area (Å²) in [6.45, 7) is 0. The molecule has 0 heteroatoms. The SMILES string of the molecule is C1=CC=C2C(=CC=CC3=C2C=CC3C2CCCC3CCCC4CCCCCCC432)C=C1. The van der Waals surface area contributed by atoms with Crippen LogP contribution in [0.25, 0.3) is 0 Å². The molecule has 1 spiro atoms. The second-order valence-electron chi connectivity index (χ2n) is 11.0. The van der Waals surface area contributed by atoms with Gasteiger partial charge in [-0.25, -0.2) is 0 Å². The lowest BCUT2D eigenvalue weighted by atomic mass is 9.45. The summed E-state index contributed by atoms with van der Waals surface area (Å²) in [5.74, 6) is 3.45. The van der Waals surface area contributed by atoms with Gasteiger partial charge in [0.25, 0.3) is 0 Å². The molecule has 0 nitrogen and oxygen atoms in total. The molecule has 162 valence electrons. The highest BCUT2D eigenvalue weighted by Gasteiger charge is 2.55. The second kappa shape index (κ2) is 8.27. The molecular weight excluding hydrogens is 372 g/mol. The molecule has 6 aliphatic rings. The first kappa shape index (κ1) is 19.8. The molecule has 0 aromatic heterocycles. The Labute approximate surface area is 189 Å². The molecule has 0 aliphatic heterocycles. The summed E-state index contributed by atoms with van der Waals surface area (Å²) < 4.78 is 0. The number of hydrogen-bond donors (Lipinski definition) is 0. The van der Waals surface area contributed by atoms with Crippen molar-refractivity contribution in [3.05, 3.63) is 83.1 Å². The Bertz CT molecular complexity index is 927. The van der Waals surface area contributed by atoms with Gasteiger partial charge in [0, 0.05) is 5.92 Å². The quantitative estimate of drug-likeness (QED) is 0.406. The first-order valence-corrected chi connectivity index (χ1v) is 13.2. The van der Waals surface area contributed by atoms with Crippen molar-refractivity contribution < 1.29 is 0 Å². The van der Waals surface area contributed by atoms with Crippen molar-refractivity contribution in [2.24, 2.45) is 29.1 Å². The van der Waals surface area contributed by atoms with Gasteiger partial charge in [0.15, 0.2) is 0 Å². The Morgan fingerprint density at radius 1 is 0.645 bits per heavy atom. The Morgan fingerprint density at radius 2 is 1.45 bits per heavy atom. The summed E-state index contributed by atoms with van der Waals surface area (Å²) >= 11 is 0. The van der Waals surface area contributed by atoms with E-state index in [0.29, 0.717) is 11.3 Å². The van der Waals surface area contributed by atoms with E-state index in [1.54, 1.807) is 5.57 Å². The van der Waals surface area contributed by atoms with Gasteiger partial charge in [-0.2, -0.15) is 0 Å². The van der Waals surface area contributed by atoms with Gasteiger partial charge in [0.05, 0.1) is 0 Å². The van der Waals surface area contributed by atoms with Gasteiger partial charge in [-0.05, 0) is 84.0 Å². The zero-order chi connectivity index (χ0) is 20.7. The topological polar surface area (TPSA) is 0 Å². The fourth-order valence-electron chi connectivity index (χ4n) is 8.63. The first-order chi connectivity index (χ1) is 15.4. The minimum Gasteiger partial charge on any atom is -0.0761 e. The van der Waals surface area contributed by atoms with Crippen LogP contribution in [-0.2, 0) is 0 Å². The fraction of sp³-hybridized carbons (Fsp3) is 0.548. The predicted molar refractivity (Wildman–Crippen MR) is 132 cm³/mol. The van der Waals surface area contributed by atoms with Crippen LogP contribution in [0.1, 0.15) is 77.0 Å². The van der Waals surface area contributed by atoms with Crippen LogP contribution in [0.4, 0.5) is 0 Å². The third kappa shape index (κ3) is 3.24. The summed E-state index contributed by atoms with van der Waals surface area (Å²) in [7, 11) is 0. The molecule has 5 atom stereocenters. The van der Waals surface area contributed by atoms with Crippen LogP contribution < -0.4 is 0 Å². The van der Waals surface area contributed by atoms with E-state index in [9.17, 15) is 0 Å². The van der Waals surface area contributed by atoms with Crippen LogP contribution in [0, 0.1) is 29.1 Å². The fourth-order valence-corrected chi connectivity index (χ4v) is 8.63. The summed E-state index contributed by atoms with van der Waals surface area (Å²) in [6.07, 6.45) is 41.3. The van der Waals surface area contributed by atoms with Gasteiger partial charge >= 0.3 is 0 Å². The normalized spacial score (nSPS) is 39.2. The summed E-state index contributed by atoms with van der Waals surface area (Å²) in [6, 6.07) is 0. The molecule has 5 unspecified atom stereocenters. The highest BCUT2D eigenvalue weighted by molar-refractivity contribution is 5.66. The van der Waals surface area contributed by atoms with Crippen LogP contribution in [0.3, 0.4) is 0 Å². The summed E-state index contributed by atoms with van der Waals surface area (Å²) in [5.41, 5.74) is 6.51. The average molecular weight is 411 g/mol. The molecule has 6 rings (SSSR count). The zero-order valence-electron chi connectivity index (χ0n) is 19.1. The molecule has 0 saturated heterocycles. The van der Waals surface area contributed by atoms with E-state index in [1.165, 1.54) is 93.8 Å². The van der Waals surface area contributed by atoms with Crippen molar-refractivity contribution >= 4 is 0 Å². The van der Waals surface area contributed by atoms with Crippen molar-refractivity contribution in [1.29, 1.82) is 0 Å². The van der Waals surface area contributed by atoms with Crippen LogP contribution in [0.2, 0.25) is 0 Å². The molecule has 0 bridgehead atoms. The molecule has 3 fully saturated rings. The van der Waals surface area contributed by atoms with E-state index in [-0.39, 0.29) is 0 Å². The maximum Gasteiger partial charge on any atom is 0.00612 e. The van der Waals surface area contributed by atoms with Gasteiger partial charge < -0.3 is 0 Å². The van der Waals surface area contributed by atoms with Crippen LogP contribution >= 0.6 is 0 Å². The van der Waals surface area contributed by atoms with E-state index in [2.05, 4.69) is 60.8 Å². The second-order valence-corrected chi connectivity index (χ2v) is 11.0. The highest BCUT2D eigenvalue weighted by atomic mass is 14.6. The molecule has 0 aromatic carbocycles. The monoisotopic (exact) mass is 410 g/mol. The summed E-state index contributed by atoms with van der Waals surface area (Å²) in [5, 5.41) is 0. The van der Waals surface area contributed by atoms with Crippen molar-refractivity contribution in [1.82, 2.24) is 0 Å². The molecule has 31 heavy (non-hydrogen) atoms. The molecule has 0 aromatic rings. The van der Waals surface area contributed by atoms with E-state index >= 15 is 0 Å². The van der Waals surface area contributed by atoms with Crippen molar-refractivity contribution in [3.63, 3.8) is 0 Å². The van der Waals surface area contributed by atoms with E-state index in [4.69, 9.17) is 0 Å². The molecular formula is C31H38. The standard InChI is InChI=1S/C31H38/c1-2-7-22-31-24(13-5-1)14-9-15-25(31)16-10-19-30(31)29-21-20-28-26-17-6-3-4-11-23(26)12-8-18-27(28)29/h3-4,6,8,11-12,17-18,20-21,24-25,29-30H,1-2,5,7,9-10,13-16,19,22H2. The smallest absolute Gasteiger partial charge is 0.00612 e. The maximum absolute atomic E-state index is 2.63. The highest BCUT2D eigenvalue weighted by Crippen LogP contribution is 2.64. The average Bonchev–Trinajstić information content (AvgIpc) is 2.93. The van der Waals surface area contributed by atoms with Crippen molar-refractivity contribution in [2.75, 3.05) is 0 Å². The first-order valence-electron chi connectivity index (χ1n) is 13.2. The van der Waals surface area contributed by atoms with Crippen LogP contribution in [0.5, 0.6) is 0 Å². The van der Waals surface area contributed by atoms with Crippen LogP contribution in [0.15, 0.2) is 83.1 Å². The summed E-state index contributed by atoms with van der Waals surface area (Å²) in [4.78, 5) is 0. The van der Waals surface area contributed by atoms with E-state index in [0.717, 1.165) is 17.8 Å². The Kier molecular flexibility index (Phi) is 5.29. The minimum absolute atomic E-state index is 0.614. The third-order valence-corrected chi connectivity index (χ3v) is 9.78. The lowest BCUT2D eigenvalue weighted by Crippen LogP contribution is -2.51. The Hall–Kier alpha value is -1.82. The van der Waals surface area contributed by atoms with Gasteiger partial charge in [-0.15, -0.1) is 0 Å². The number of hydrogen-bond acceptors (Lipinski definition) is 0.